The summed E-state index contributed by atoms with van der Waals surface area (Å²) in [7, 11) is -1.81. The number of nitrogens with one attached hydrogen (secondary N) is 1. The van der Waals surface area contributed by atoms with Crippen LogP contribution in [0.4, 0.5) is 0 Å². The highest BCUT2D eigenvalue weighted by atomic mass is 32.2. The quantitative estimate of drug-likeness (QED) is 0.645. The topological polar surface area (TPSA) is 92.5 Å². The molecular weight excluding hydrogens is 230 g/mol. The van der Waals surface area contributed by atoms with Gasteiger partial charge in [0.15, 0.2) is 0 Å². The molecular formula is C9H19N3O3S. The lowest BCUT2D eigenvalue weighted by Crippen LogP contribution is -2.45. The molecule has 0 aromatic heterocycles. The summed E-state index contributed by atoms with van der Waals surface area (Å²) in [6.07, 6.45) is 1.76. The largest absolute Gasteiger partial charge is 0.358 e. The van der Waals surface area contributed by atoms with Crippen LogP contribution in [0.2, 0.25) is 0 Å². The van der Waals surface area contributed by atoms with Gasteiger partial charge in [-0.05, 0) is 25.8 Å². The van der Waals surface area contributed by atoms with Crippen molar-refractivity contribution in [2.75, 3.05) is 25.9 Å². The first-order chi connectivity index (χ1) is 7.53. The van der Waals surface area contributed by atoms with Crippen LogP contribution in [0.15, 0.2) is 0 Å². The molecule has 16 heavy (non-hydrogen) atoms. The molecule has 0 saturated carbocycles. The Hall–Kier alpha value is -0.660. The van der Waals surface area contributed by atoms with Gasteiger partial charge in [0.2, 0.25) is 15.9 Å². The first-order valence-electron chi connectivity index (χ1n) is 5.44. The van der Waals surface area contributed by atoms with Crippen molar-refractivity contribution in [2.45, 2.75) is 25.3 Å². The van der Waals surface area contributed by atoms with Crippen molar-refractivity contribution < 1.29 is 13.2 Å². The third kappa shape index (κ3) is 2.93. The predicted octanol–water partition coefficient (Wildman–Crippen LogP) is -1.12. The van der Waals surface area contributed by atoms with Gasteiger partial charge >= 0.3 is 0 Å². The van der Waals surface area contributed by atoms with E-state index in [1.54, 1.807) is 0 Å². The van der Waals surface area contributed by atoms with Crippen molar-refractivity contribution in [1.82, 2.24) is 9.62 Å². The van der Waals surface area contributed by atoms with Gasteiger partial charge in [-0.15, -0.1) is 0 Å². The Bertz CT molecular complexity index is 342. The van der Waals surface area contributed by atoms with E-state index in [4.69, 9.17) is 5.73 Å². The average Bonchev–Trinajstić information content (AvgIpc) is 2.75. The van der Waals surface area contributed by atoms with E-state index in [0.717, 1.165) is 6.42 Å². The van der Waals surface area contributed by atoms with Crippen LogP contribution in [0.1, 0.15) is 19.3 Å². The predicted molar refractivity (Wildman–Crippen MR) is 61.3 cm³/mol. The van der Waals surface area contributed by atoms with E-state index < -0.39 is 16.1 Å². The minimum Gasteiger partial charge on any atom is -0.358 e. The summed E-state index contributed by atoms with van der Waals surface area (Å²) in [4.78, 5) is 11.5. The monoisotopic (exact) mass is 249 g/mol. The van der Waals surface area contributed by atoms with Crippen molar-refractivity contribution in [3.05, 3.63) is 0 Å². The van der Waals surface area contributed by atoms with Gasteiger partial charge in [-0.3, -0.25) is 4.79 Å². The van der Waals surface area contributed by atoms with E-state index in [2.05, 4.69) is 5.32 Å². The Morgan fingerprint density at radius 1 is 1.56 bits per heavy atom. The number of sulfonamides is 1. The zero-order chi connectivity index (χ0) is 12.2. The molecule has 1 saturated heterocycles. The number of likely N-dealkylation sites (N-methyl/N-ethyl adjacent to an activating group) is 1. The number of hydrogen-bond donors (Lipinski definition) is 2. The van der Waals surface area contributed by atoms with Gasteiger partial charge in [-0.25, -0.2) is 8.42 Å². The number of carbonyl (C=O) groups is 1. The van der Waals surface area contributed by atoms with Crippen LogP contribution in [0.25, 0.3) is 0 Å². The Morgan fingerprint density at radius 3 is 2.81 bits per heavy atom. The molecule has 0 aromatic carbocycles. The molecule has 1 aliphatic rings. The Kier molecular flexibility index (Phi) is 4.69. The summed E-state index contributed by atoms with van der Waals surface area (Å²) in [6.45, 7) is 0.780. The second-order valence-electron chi connectivity index (χ2n) is 3.84. The number of carbonyl (C=O) groups excluding carboxylic acids is 1. The smallest absolute Gasteiger partial charge is 0.238 e. The van der Waals surface area contributed by atoms with E-state index in [-0.39, 0.29) is 11.7 Å². The highest BCUT2D eigenvalue weighted by molar-refractivity contribution is 7.89. The lowest BCUT2D eigenvalue weighted by molar-refractivity contribution is -0.123. The van der Waals surface area contributed by atoms with Crippen molar-refractivity contribution in [3.8, 4) is 0 Å². The van der Waals surface area contributed by atoms with E-state index in [1.165, 1.54) is 11.4 Å². The molecule has 1 atom stereocenters. The van der Waals surface area contributed by atoms with E-state index >= 15 is 0 Å². The molecule has 6 nitrogen and oxygen atoms in total. The van der Waals surface area contributed by atoms with Gasteiger partial charge in [0, 0.05) is 13.6 Å². The minimum absolute atomic E-state index is 0.0248. The molecule has 1 rings (SSSR count). The molecule has 1 fully saturated rings. The second-order valence-corrected chi connectivity index (χ2v) is 5.88. The average molecular weight is 249 g/mol. The van der Waals surface area contributed by atoms with Crippen LogP contribution < -0.4 is 11.1 Å². The van der Waals surface area contributed by atoms with Crippen LogP contribution in [-0.2, 0) is 14.8 Å². The SMILES string of the molecule is CNC(=O)C1CCCN1S(=O)(=O)CCCN. The summed E-state index contributed by atoms with van der Waals surface area (Å²) < 4.78 is 25.1. The molecule has 1 unspecified atom stereocenters. The molecule has 1 aliphatic heterocycles. The van der Waals surface area contributed by atoms with Gasteiger partial charge in [0.1, 0.15) is 6.04 Å². The first-order valence-corrected chi connectivity index (χ1v) is 7.05. The number of nitrogens with zero attached hydrogens (tertiary/aromatic N) is 1. The Morgan fingerprint density at radius 2 is 2.25 bits per heavy atom. The molecule has 1 amide bonds. The second kappa shape index (κ2) is 5.60. The van der Waals surface area contributed by atoms with Crippen molar-refractivity contribution in [1.29, 1.82) is 0 Å². The van der Waals surface area contributed by atoms with Crippen molar-refractivity contribution in [2.24, 2.45) is 5.73 Å². The molecule has 0 spiro atoms. The zero-order valence-electron chi connectivity index (χ0n) is 9.48. The summed E-state index contributed by atoms with van der Waals surface area (Å²) in [6, 6.07) is -0.534. The molecule has 0 aliphatic carbocycles. The standard InChI is InChI=1S/C9H19N3O3S/c1-11-9(13)8-4-2-6-12(8)16(14,15)7-3-5-10/h8H,2-7,10H2,1H3,(H,11,13). The summed E-state index contributed by atoms with van der Waals surface area (Å²) >= 11 is 0. The first kappa shape index (κ1) is 13.4. The maximum atomic E-state index is 11.9. The van der Waals surface area contributed by atoms with Gasteiger partial charge in [0.25, 0.3) is 0 Å². The molecule has 1 heterocycles. The van der Waals surface area contributed by atoms with Gasteiger partial charge < -0.3 is 11.1 Å². The summed E-state index contributed by atoms with van der Waals surface area (Å²) in [5, 5.41) is 2.50. The maximum absolute atomic E-state index is 11.9. The third-order valence-electron chi connectivity index (χ3n) is 2.72. The lowest BCUT2D eigenvalue weighted by Gasteiger charge is -2.22. The molecule has 0 radical (unpaired) electrons. The van der Waals surface area contributed by atoms with Crippen molar-refractivity contribution >= 4 is 15.9 Å². The van der Waals surface area contributed by atoms with Gasteiger partial charge in [0.05, 0.1) is 5.75 Å². The van der Waals surface area contributed by atoms with E-state index in [0.29, 0.717) is 25.9 Å². The lowest BCUT2D eigenvalue weighted by atomic mass is 10.2. The molecule has 0 aromatic rings. The normalized spacial score (nSPS) is 22.2. The van der Waals surface area contributed by atoms with Crippen LogP contribution in [0, 0.1) is 0 Å². The van der Waals surface area contributed by atoms with Crippen molar-refractivity contribution in [3.63, 3.8) is 0 Å². The van der Waals surface area contributed by atoms with Crippen LogP contribution in [0.3, 0.4) is 0 Å². The molecule has 0 bridgehead atoms. The highest BCUT2D eigenvalue weighted by Gasteiger charge is 2.37. The fraction of sp³-hybridized carbons (Fsp3) is 0.889. The van der Waals surface area contributed by atoms with E-state index in [1.807, 2.05) is 0 Å². The maximum Gasteiger partial charge on any atom is 0.238 e. The van der Waals surface area contributed by atoms with Crippen LogP contribution in [0.5, 0.6) is 0 Å². The Balaban J connectivity index is 2.74. The summed E-state index contributed by atoms with van der Waals surface area (Å²) in [5.41, 5.74) is 5.29. The van der Waals surface area contributed by atoms with E-state index in [9.17, 15) is 13.2 Å². The fourth-order valence-electron chi connectivity index (χ4n) is 1.88. The number of amides is 1. The number of hydrogen-bond acceptors (Lipinski definition) is 4. The third-order valence-corrected chi connectivity index (χ3v) is 4.67. The van der Waals surface area contributed by atoms with Crippen LogP contribution in [-0.4, -0.2) is 50.6 Å². The molecule has 3 N–H and O–H groups in total. The molecule has 94 valence electrons. The highest BCUT2D eigenvalue weighted by Crippen LogP contribution is 2.21. The number of rotatable bonds is 5. The summed E-state index contributed by atoms with van der Waals surface area (Å²) in [5.74, 6) is -0.203. The Labute approximate surface area is 96.2 Å². The van der Waals surface area contributed by atoms with Gasteiger partial charge in [-0.1, -0.05) is 0 Å². The van der Waals surface area contributed by atoms with Crippen LogP contribution >= 0.6 is 0 Å². The zero-order valence-corrected chi connectivity index (χ0v) is 10.3. The van der Waals surface area contributed by atoms with Gasteiger partial charge in [-0.2, -0.15) is 4.31 Å². The number of nitrogens with two attached hydrogens (primary N) is 1. The fourth-order valence-corrected chi connectivity index (χ4v) is 3.65. The molecule has 7 heteroatoms. The minimum atomic E-state index is -3.33.